The first-order valence-corrected chi connectivity index (χ1v) is 10.2. The Hall–Kier alpha value is -2.21. The lowest BCUT2D eigenvalue weighted by molar-refractivity contribution is 0.0833. The van der Waals surface area contributed by atoms with Crippen molar-refractivity contribution in [2.45, 2.75) is 56.9 Å². The van der Waals surface area contributed by atoms with Gasteiger partial charge in [0.15, 0.2) is 5.82 Å². The molecule has 1 saturated carbocycles. The number of hydrogen-bond donors (Lipinski definition) is 1. The van der Waals surface area contributed by atoms with Crippen LogP contribution in [0.3, 0.4) is 0 Å². The Balaban J connectivity index is 1.48. The second-order valence-electron chi connectivity index (χ2n) is 7.91. The predicted octanol–water partition coefficient (Wildman–Crippen LogP) is 1.76. The average Bonchev–Trinajstić information content (AvgIpc) is 3.37. The van der Waals surface area contributed by atoms with Gasteiger partial charge in [-0.25, -0.2) is 9.97 Å². The van der Waals surface area contributed by atoms with Gasteiger partial charge in [-0.15, -0.1) is 0 Å². The predicted molar refractivity (Wildman–Crippen MR) is 107 cm³/mol. The van der Waals surface area contributed by atoms with Crippen LogP contribution in [0, 0.1) is 5.92 Å². The van der Waals surface area contributed by atoms with E-state index in [9.17, 15) is 0 Å². The number of fused-ring (bicyclic) bond motifs is 1. The number of aliphatic imine (C=N–C) groups is 1. The molecule has 27 heavy (non-hydrogen) atoms. The fraction of sp³-hybridized carbons (Fsp3) is 0.571. The molecule has 0 amide bonds. The summed E-state index contributed by atoms with van der Waals surface area (Å²) in [6, 6.07) is 0.406. The number of hydrogen-bond acceptors (Lipinski definition) is 6. The van der Waals surface area contributed by atoms with E-state index in [1.807, 2.05) is 6.20 Å². The number of hydrazine groups is 1. The van der Waals surface area contributed by atoms with E-state index in [2.05, 4.69) is 29.3 Å². The summed E-state index contributed by atoms with van der Waals surface area (Å²) in [6.45, 7) is 5.84. The Bertz CT molecular complexity index is 887. The van der Waals surface area contributed by atoms with Crippen LogP contribution in [0.2, 0.25) is 0 Å². The summed E-state index contributed by atoms with van der Waals surface area (Å²) in [4.78, 5) is 14.6. The molecule has 2 fully saturated rings. The summed E-state index contributed by atoms with van der Waals surface area (Å²) in [7, 11) is 0. The van der Waals surface area contributed by atoms with Crippen molar-refractivity contribution < 1.29 is 4.74 Å². The van der Waals surface area contributed by atoms with E-state index in [0.29, 0.717) is 17.9 Å². The summed E-state index contributed by atoms with van der Waals surface area (Å²) in [5.74, 6) is 2.71. The number of allylic oxidation sites excluding steroid dienone is 2. The van der Waals surface area contributed by atoms with Crippen LogP contribution in [0.4, 0.5) is 5.82 Å². The van der Waals surface area contributed by atoms with Crippen LogP contribution in [0.25, 0.3) is 12.8 Å². The lowest BCUT2D eigenvalue weighted by atomic mass is 9.90. The van der Waals surface area contributed by atoms with Gasteiger partial charge in [0.25, 0.3) is 0 Å². The third-order valence-corrected chi connectivity index (χ3v) is 6.27. The highest BCUT2D eigenvalue weighted by atomic mass is 16.5. The summed E-state index contributed by atoms with van der Waals surface area (Å²) in [5.41, 5.74) is 4.64. The molecule has 5 rings (SSSR count). The molecule has 0 unspecified atom stereocenters. The molecule has 0 bridgehead atoms. The van der Waals surface area contributed by atoms with Crippen molar-refractivity contribution in [3.63, 3.8) is 0 Å². The minimum Gasteiger partial charge on any atom is -0.381 e. The van der Waals surface area contributed by atoms with Crippen LogP contribution in [0.15, 0.2) is 16.8 Å². The van der Waals surface area contributed by atoms with Gasteiger partial charge in [0.1, 0.15) is 5.82 Å². The van der Waals surface area contributed by atoms with Crippen molar-refractivity contribution >= 4 is 24.8 Å². The Morgan fingerprint density at radius 3 is 2.74 bits per heavy atom. The zero-order chi connectivity index (χ0) is 18.2. The van der Waals surface area contributed by atoms with Crippen molar-refractivity contribution in [1.29, 1.82) is 0 Å². The molecule has 4 heterocycles. The number of nitrogens with zero attached hydrogens (tertiary/aromatic N) is 4. The number of aromatic nitrogens is 2. The highest BCUT2D eigenvalue weighted by Crippen LogP contribution is 2.43. The van der Waals surface area contributed by atoms with Crippen molar-refractivity contribution in [3.8, 4) is 0 Å². The Morgan fingerprint density at radius 1 is 1.07 bits per heavy atom. The Labute approximate surface area is 159 Å². The molecule has 1 N–H and O–H groups in total. The number of rotatable bonds is 3. The fourth-order valence-electron chi connectivity index (χ4n) is 4.83. The third-order valence-electron chi connectivity index (χ3n) is 6.27. The quantitative estimate of drug-likeness (QED) is 0.884. The SMILES string of the molecule is C=c1nc([C@@H]2CCC[C@H]2C2=CCCC=N2)nc2c1=CNN2C1CCOCC1. The second-order valence-corrected chi connectivity index (χ2v) is 7.91. The molecule has 4 aliphatic rings. The molecular formula is C21H27N5O. The molecule has 6 heteroatoms. The van der Waals surface area contributed by atoms with Crippen molar-refractivity contribution in [2.24, 2.45) is 10.9 Å². The normalized spacial score (nSPS) is 27.9. The van der Waals surface area contributed by atoms with Gasteiger partial charge in [-0.2, -0.15) is 0 Å². The van der Waals surface area contributed by atoms with Gasteiger partial charge in [0, 0.05) is 43.2 Å². The maximum absolute atomic E-state index is 5.53. The summed E-state index contributed by atoms with van der Waals surface area (Å²) in [6.07, 6.45) is 14.1. The lowest BCUT2D eigenvalue weighted by Gasteiger charge is -2.32. The van der Waals surface area contributed by atoms with Gasteiger partial charge >= 0.3 is 0 Å². The molecule has 1 aromatic heterocycles. The summed E-state index contributed by atoms with van der Waals surface area (Å²) >= 11 is 0. The molecule has 2 atom stereocenters. The molecule has 6 nitrogen and oxygen atoms in total. The number of ether oxygens (including phenoxy) is 1. The van der Waals surface area contributed by atoms with Crippen molar-refractivity contribution in [2.75, 3.05) is 18.2 Å². The second kappa shape index (κ2) is 7.08. The molecular weight excluding hydrogens is 338 g/mol. The van der Waals surface area contributed by atoms with Gasteiger partial charge < -0.3 is 10.2 Å². The number of nitrogens with one attached hydrogen (secondary N) is 1. The largest absolute Gasteiger partial charge is 0.381 e. The molecule has 1 aromatic rings. The van der Waals surface area contributed by atoms with Gasteiger partial charge in [-0.1, -0.05) is 19.1 Å². The van der Waals surface area contributed by atoms with Crippen LogP contribution in [-0.2, 0) is 4.74 Å². The van der Waals surface area contributed by atoms with Crippen LogP contribution in [0.5, 0.6) is 0 Å². The van der Waals surface area contributed by atoms with Gasteiger partial charge in [-0.3, -0.25) is 10.0 Å². The van der Waals surface area contributed by atoms with E-state index in [1.165, 1.54) is 18.5 Å². The van der Waals surface area contributed by atoms with Crippen LogP contribution in [-0.4, -0.2) is 35.4 Å². The molecule has 1 saturated heterocycles. The molecule has 1 aliphatic carbocycles. The first kappa shape index (κ1) is 16.9. The molecule has 0 radical (unpaired) electrons. The van der Waals surface area contributed by atoms with E-state index in [1.54, 1.807) is 0 Å². The van der Waals surface area contributed by atoms with Crippen LogP contribution < -0.4 is 21.0 Å². The van der Waals surface area contributed by atoms with E-state index >= 15 is 0 Å². The van der Waals surface area contributed by atoms with Crippen molar-refractivity contribution in [3.05, 3.63) is 28.2 Å². The van der Waals surface area contributed by atoms with E-state index in [4.69, 9.17) is 19.7 Å². The average molecular weight is 365 g/mol. The molecule has 0 aromatic carbocycles. The monoisotopic (exact) mass is 365 g/mol. The van der Waals surface area contributed by atoms with Crippen molar-refractivity contribution in [1.82, 2.24) is 15.4 Å². The maximum Gasteiger partial charge on any atom is 0.160 e. The highest BCUT2D eigenvalue weighted by molar-refractivity contribution is 5.61. The summed E-state index contributed by atoms with van der Waals surface area (Å²) in [5, 5.41) is 4.05. The zero-order valence-corrected chi connectivity index (χ0v) is 15.7. The van der Waals surface area contributed by atoms with Gasteiger partial charge in [0.2, 0.25) is 0 Å². The minimum atomic E-state index is 0.342. The molecule has 142 valence electrons. The van der Waals surface area contributed by atoms with E-state index in [-0.39, 0.29) is 0 Å². The first-order valence-electron chi connectivity index (χ1n) is 10.2. The van der Waals surface area contributed by atoms with Gasteiger partial charge in [-0.05, 0) is 38.5 Å². The zero-order valence-electron chi connectivity index (χ0n) is 15.7. The lowest BCUT2D eigenvalue weighted by Crippen LogP contribution is -2.45. The third kappa shape index (κ3) is 3.06. The van der Waals surface area contributed by atoms with Crippen LogP contribution >= 0.6 is 0 Å². The van der Waals surface area contributed by atoms with Crippen LogP contribution in [0.1, 0.15) is 56.7 Å². The summed E-state index contributed by atoms with van der Waals surface area (Å²) < 4.78 is 5.53. The Kier molecular flexibility index (Phi) is 4.44. The van der Waals surface area contributed by atoms with E-state index < -0.39 is 0 Å². The van der Waals surface area contributed by atoms with E-state index in [0.717, 1.165) is 67.5 Å². The molecule has 3 aliphatic heterocycles. The standard InChI is InChI=1S/C21H27N5O/c1-14-18-13-23-26(15-8-11-27-12-9-15)21(18)25-20(24-14)17-6-4-5-16(17)19-7-2-3-10-22-19/h7,10,13,15-17,23H,1-6,8-9,11-12H2/t16-,17-/m1/s1. The topological polar surface area (TPSA) is 62.6 Å². The number of anilines is 1. The molecule has 0 spiro atoms. The van der Waals surface area contributed by atoms with Gasteiger partial charge in [0.05, 0.1) is 16.6 Å². The highest BCUT2D eigenvalue weighted by Gasteiger charge is 2.35. The fourth-order valence-corrected chi connectivity index (χ4v) is 4.83. The minimum absolute atomic E-state index is 0.342. The smallest absolute Gasteiger partial charge is 0.160 e. The Morgan fingerprint density at radius 2 is 1.93 bits per heavy atom. The first-order chi connectivity index (χ1) is 13.3. The maximum atomic E-state index is 5.53.